The smallest absolute Gasteiger partial charge is 0.342 e. The van der Waals surface area contributed by atoms with E-state index in [-0.39, 0.29) is 30.0 Å². The predicted octanol–water partition coefficient (Wildman–Crippen LogP) is 5.01. The number of nitrogens with zero attached hydrogens (tertiary/aromatic N) is 2. The number of alkyl halides is 6. The Hall–Kier alpha value is -3.13. The Morgan fingerprint density at radius 3 is 2.24 bits per heavy atom. The fraction of sp³-hybridized carbons (Fsp3) is 0.409. The number of hydrogen-bond acceptors (Lipinski definition) is 4. The van der Waals surface area contributed by atoms with Crippen LogP contribution in [0, 0.1) is 17.2 Å². The summed E-state index contributed by atoms with van der Waals surface area (Å²) in [5.41, 5.74) is -1.69. The van der Waals surface area contributed by atoms with E-state index >= 15 is 0 Å². The van der Waals surface area contributed by atoms with E-state index in [1.165, 1.54) is 0 Å². The van der Waals surface area contributed by atoms with E-state index < -0.39 is 41.6 Å². The van der Waals surface area contributed by atoms with Crippen LogP contribution in [0.2, 0.25) is 0 Å². The highest BCUT2D eigenvalue weighted by molar-refractivity contribution is 5.82. The van der Waals surface area contributed by atoms with E-state index in [9.17, 15) is 31.1 Å². The van der Waals surface area contributed by atoms with Gasteiger partial charge in [-0.05, 0) is 30.0 Å². The van der Waals surface area contributed by atoms with E-state index in [0.717, 1.165) is 42.6 Å². The SMILES string of the molecule is CC(C)C[C@H](N[C@@H](c1ccc(-c2ncccc2C(F)(F)F)cc1)C(F)(F)F)C(=O)NCC#N. The lowest BCUT2D eigenvalue weighted by Crippen LogP contribution is -2.49. The molecule has 178 valence electrons. The van der Waals surface area contributed by atoms with Crippen molar-refractivity contribution in [1.82, 2.24) is 15.6 Å². The Kier molecular flexibility index (Phi) is 8.44. The first-order chi connectivity index (χ1) is 15.3. The van der Waals surface area contributed by atoms with E-state index in [1.54, 1.807) is 19.9 Å². The highest BCUT2D eigenvalue weighted by Crippen LogP contribution is 2.37. The number of carbonyl (C=O) groups is 1. The summed E-state index contributed by atoms with van der Waals surface area (Å²) in [6.45, 7) is 3.11. The van der Waals surface area contributed by atoms with Crippen molar-refractivity contribution in [3.8, 4) is 17.3 Å². The number of amides is 1. The fourth-order valence-electron chi connectivity index (χ4n) is 3.25. The van der Waals surface area contributed by atoms with Gasteiger partial charge in [0.2, 0.25) is 5.91 Å². The van der Waals surface area contributed by atoms with E-state index in [2.05, 4.69) is 15.6 Å². The molecule has 0 aliphatic heterocycles. The van der Waals surface area contributed by atoms with Crippen LogP contribution in [0.5, 0.6) is 0 Å². The molecule has 1 aromatic carbocycles. The van der Waals surface area contributed by atoms with Crippen LogP contribution in [0.4, 0.5) is 26.3 Å². The van der Waals surface area contributed by atoms with Gasteiger partial charge in [0.15, 0.2) is 0 Å². The quantitative estimate of drug-likeness (QED) is 0.418. The van der Waals surface area contributed by atoms with Crippen molar-refractivity contribution in [2.45, 2.75) is 44.7 Å². The molecule has 0 saturated heterocycles. The molecule has 0 bridgehead atoms. The molecule has 2 aromatic rings. The van der Waals surface area contributed by atoms with Crippen molar-refractivity contribution in [3.63, 3.8) is 0 Å². The van der Waals surface area contributed by atoms with Crippen LogP contribution in [0.25, 0.3) is 11.3 Å². The van der Waals surface area contributed by atoms with Gasteiger partial charge in [0.25, 0.3) is 0 Å². The van der Waals surface area contributed by atoms with Gasteiger partial charge in [0, 0.05) is 11.8 Å². The summed E-state index contributed by atoms with van der Waals surface area (Å²) in [7, 11) is 0. The molecule has 5 nitrogen and oxygen atoms in total. The Balaban J connectivity index is 2.38. The van der Waals surface area contributed by atoms with Crippen molar-refractivity contribution in [2.24, 2.45) is 5.92 Å². The number of rotatable bonds is 8. The van der Waals surface area contributed by atoms with Crippen molar-refractivity contribution in [2.75, 3.05) is 6.54 Å². The van der Waals surface area contributed by atoms with Crippen LogP contribution >= 0.6 is 0 Å². The molecule has 0 unspecified atom stereocenters. The van der Waals surface area contributed by atoms with Crippen LogP contribution in [0.15, 0.2) is 42.6 Å². The first kappa shape index (κ1) is 26.1. The van der Waals surface area contributed by atoms with Crippen LogP contribution in [0.3, 0.4) is 0 Å². The summed E-state index contributed by atoms with van der Waals surface area (Å²) >= 11 is 0. The number of halogens is 6. The van der Waals surface area contributed by atoms with Crippen LogP contribution in [0.1, 0.15) is 37.4 Å². The van der Waals surface area contributed by atoms with E-state index in [1.807, 2.05) is 0 Å². The Bertz CT molecular complexity index is 980. The second kappa shape index (κ2) is 10.7. The maximum Gasteiger partial charge on any atom is 0.418 e. The van der Waals surface area contributed by atoms with Crippen molar-refractivity contribution in [3.05, 3.63) is 53.7 Å². The Morgan fingerprint density at radius 1 is 1.09 bits per heavy atom. The number of nitrogens with one attached hydrogen (secondary N) is 2. The molecule has 0 radical (unpaired) electrons. The first-order valence-corrected chi connectivity index (χ1v) is 9.94. The number of hydrogen-bond donors (Lipinski definition) is 2. The number of carbonyl (C=O) groups excluding carboxylic acids is 1. The molecule has 0 spiro atoms. The molecule has 1 heterocycles. The van der Waals surface area contributed by atoms with Gasteiger partial charge in [0.05, 0.1) is 23.4 Å². The van der Waals surface area contributed by atoms with Crippen LogP contribution in [-0.4, -0.2) is 29.7 Å². The summed E-state index contributed by atoms with van der Waals surface area (Å²) in [6.07, 6.45) is -8.24. The molecule has 11 heteroatoms. The average molecular weight is 472 g/mol. The van der Waals surface area contributed by atoms with Gasteiger partial charge in [-0.1, -0.05) is 38.1 Å². The molecule has 33 heavy (non-hydrogen) atoms. The summed E-state index contributed by atoms with van der Waals surface area (Å²) in [5.74, 6) is -0.879. The second-order valence-electron chi connectivity index (χ2n) is 7.72. The van der Waals surface area contributed by atoms with Gasteiger partial charge in [-0.3, -0.25) is 15.1 Å². The third kappa shape index (κ3) is 7.18. The van der Waals surface area contributed by atoms with Crippen molar-refractivity contribution < 1.29 is 31.1 Å². The van der Waals surface area contributed by atoms with E-state index in [4.69, 9.17) is 5.26 Å². The standard InChI is InChI=1S/C22H22F6N4O/c1-13(2)12-17(20(33)31-11-9-29)32-19(22(26,27)28)15-7-5-14(6-8-15)18-16(21(23,24)25)4-3-10-30-18/h3-8,10,13,17,19,32H,11-12H2,1-2H3,(H,31,33)/t17-,19-/m0/s1. The predicted molar refractivity (Wildman–Crippen MR) is 108 cm³/mol. The summed E-state index contributed by atoms with van der Waals surface area (Å²) in [4.78, 5) is 16.0. The normalized spacial score (nSPS) is 13.9. The minimum absolute atomic E-state index is 0.00177. The molecule has 0 aliphatic rings. The monoisotopic (exact) mass is 472 g/mol. The summed E-state index contributed by atoms with van der Waals surface area (Å²) < 4.78 is 81.3. The number of pyridine rings is 1. The molecular formula is C22H22F6N4O. The van der Waals surface area contributed by atoms with Gasteiger partial charge in [0.1, 0.15) is 12.6 Å². The molecule has 2 atom stereocenters. The van der Waals surface area contributed by atoms with Crippen LogP contribution < -0.4 is 10.6 Å². The zero-order chi connectivity index (χ0) is 24.8. The maximum atomic E-state index is 13.9. The van der Waals surface area contributed by atoms with Crippen molar-refractivity contribution in [1.29, 1.82) is 5.26 Å². The largest absolute Gasteiger partial charge is 0.418 e. The van der Waals surface area contributed by atoms with Gasteiger partial charge < -0.3 is 5.32 Å². The highest BCUT2D eigenvalue weighted by atomic mass is 19.4. The number of aromatic nitrogens is 1. The second-order valence-corrected chi connectivity index (χ2v) is 7.72. The van der Waals surface area contributed by atoms with Gasteiger partial charge >= 0.3 is 12.4 Å². The topological polar surface area (TPSA) is 77.8 Å². The first-order valence-electron chi connectivity index (χ1n) is 9.94. The zero-order valence-corrected chi connectivity index (χ0v) is 17.8. The maximum absolute atomic E-state index is 13.9. The molecule has 1 aromatic heterocycles. The number of nitriles is 1. The average Bonchev–Trinajstić information content (AvgIpc) is 2.73. The summed E-state index contributed by atoms with van der Waals surface area (Å²) in [6, 6.07) is 4.51. The molecule has 1 amide bonds. The van der Waals surface area contributed by atoms with Crippen LogP contribution in [-0.2, 0) is 11.0 Å². The zero-order valence-electron chi connectivity index (χ0n) is 17.8. The molecule has 0 aliphatic carbocycles. The Morgan fingerprint density at radius 2 is 1.73 bits per heavy atom. The third-order valence-electron chi connectivity index (χ3n) is 4.69. The lowest BCUT2D eigenvalue weighted by atomic mass is 9.97. The highest BCUT2D eigenvalue weighted by Gasteiger charge is 2.43. The number of benzene rings is 1. The molecular weight excluding hydrogens is 450 g/mol. The minimum atomic E-state index is -4.80. The minimum Gasteiger partial charge on any atom is -0.342 e. The molecule has 0 saturated carbocycles. The van der Waals surface area contributed by atoms with E-state index in [0.29, 0.717) is 0 Å². The molecule has 0 fully saturated rings. The Labute approximate surface area is 186 Å². The van der Waals surface area contributed by atoms with Gasteiger partial charge in [-0.15, -0.1) is 0 Å². The third-order valence-corrected chi connectivity index (χ3v) is 4.69. The lowest BCUT2D eigenvalue weighted by molar-refractivity contribution is -0.161. The molecule has 2 rings (SSSR count). The fourth-order valence-corrected chi connectivity index (χ4v) is 3.25. The van der Waals surface area contributed by atoms with Gasteiger partial charge in [-0.25, -0.2) is 0 Å². The summed E-state index contributed by atoms with van der Waals surface area (Å²) in [5, 5.41) is 13.2. The van der Waals surface area contributed by atoms with Crippen molar-refractivity contribution >= 4 is 5.91 Å². The molecule has 2 N–H and O–H groups in total. The van der Waals surface area contributed by atoms with Gasteiger partial charge in [-0.2, -0.15) is 31.6 Å². The lowest BCUT2D eigenvalue weighted by Gasteiger charge is -2.28.